The monoisotopic (exact) mass is 275 g/mol. The average Bonchev–Trinajstić information content (AvgIpc) is 2.10. The molecule has 0 atom stereocenters. The summed E-state index contributed by atoms with van der Waals surface area (Å²) in [7, 11) is 0. The minimum Gasteiger partial charge on any atom is -0.375 e. The predicted molar refractivity (Wildman–Crippen MR) is 61.6 cm³/mol. The maximum Gasteiger partial charge on any atom is 0.184 e. The average molecular weight is 276 g/mol. The van der Waals surface area contributed by atoms with E-state index in [1.807, 2.05) is 0 Å². The van der Waals surface area contributed by atoms with Crippen molar-refractivity contribution in [3.8, 4) is 0 Å². The number of halogens is 2. The molecule has 0 bridgehead atoms. The second kappa shape index (κ2) is 5.02. The lowest BCUT2D eigenvalue weighted by atomic mass is 10.2. The molecule has 0 aliphatic heterocycles. The standard InChI is InChI=1S/C8H7BrFN3S/c9-6-1-2-7(10)5(3-6)4-12-13-8(11)14/h1-4H,(H3,11,13,14)/b12-4+. The second-order valence-corrected chi connectivity index (χ2v) is 3.76. The summed E-state index contributed by atoms with van der Waals surface area (Å²) in [6.07, 6.45) is 1.30. The van der Waals surface area contributed by atoms with E-state index in [0.717, 1.165) is 4.47 Å². The van der Waals surface area contributed by atoms with Crippen LogP contribution in [0.5, 0.6) is 0 Å². The highest BCUT2D eigenvalue weighted by Crippen LogP contribution is 2.13. The van der Waals surface area contributed by atoms with E-state index in [0.29, 0.717) is 5.56 Å². The van der Waals surface area contributed by atoms with Gasteiger partial charge in [0.05, 0.1) is 6.21 Å². The van der Waals surface area contributed by atoms with Crippen LogP contribution in [0.4, 0.5) is 4.39 Å². The summed E-state index contributed by atoms with van der Waals surface area (Å²) < 4.78 is 13.9. The first kappa shape index (κ1) is 11.1. The van der Waals surface area contributed by atoms with Gasteiger partial charge in [-0.2, -0.15) is 5.10 Å². The fourth-order valence-electron chi connectivity index (χ4n) is 0.779. The molecule has 14 heavy (non-hydrogen) atoms. The zero-order chi connectivity index (χ0) is 10.6. The van der Waals surface area contributed by atoms with Gasteiger partial charge in [-0.05, 0) is 30.4 Å². The second-order valence-electron chi connectivity index (χ2n) is 2.40. The van der Waals surface area contributed by atoms with Gasteiger partial charge in [0.25, 0.3) is 0 Å². The lowest BCUT2D eigenvalue weighted by molar-refractivity contribution is 0.625. The number of thiocarbonyl (C=S) groups is 1. The van der Waals surface area contributed by atoms with Crippen LogP contribution in [0.2, 0.25) is 0 Å². The Morgan fingerprint density at radius 1 is 1.64 bits per heavy atom. The van der Waals surface area contributed by atoms with Crippen LogP contribution in [0.15, 0.2) is 27.8 Å². The van der Waals surface area contributed by atoms with Crippen molar-refractivity contribution in [2.24, 2.45) is 10.8 Å². The van der Waals surface area contributed by atoms with Gasteiger partial charge in [-0.3, -0.25) is 5.43 Å². The van der Waals surface area contributed by atoms with Crippen molar-refractivity contribution in [2.75, 3.05) is 0 Å². The molecule has 0 unspecified atom stereocenters. The normalized spacial score (nSPS) is 10.4. The van der Waals surface area contributed by atoms with Crippen molar-refractivity contribution < 1.29 is 4.39 Å². The Kier molecular flexibility index (Phi) is 3.97. The van der Waals surface area contributed by atoms with Gasteiger partial charge in [-0.25, -0.2) is 4.39 Å². The molecule has 0 heterocycles. The third kappa shape index (κ3) is 3.39. The van der Waals surface area contributed by atoms with Gasteiger partial charge in [-0.15, -0.1) is 0 Å². The van der Waals surface area contributed by atoms with Crippen LogP contribution in [0.1, 0.15) is 5.56 Å². The van der Waals surface area contributed by atoms with Crippen molar-refractivity contribution in [3.63, 3.8) is 0 Å². The number of hydrazone groups is 1. The molecule has 0 spiro atoms. The van der Waals surface area contributed by atoms with Gasteiger partial charge in [0.1, 0.15) is 5.82 Å². The van der Waals surface area contributed by atoms with Crippen LogP contribution in [-0.2, 0) is 0 Å². The van der Waals surface area contributed by atoms with Crippen LogP contribution >= 0.6 is 28.1 Å². The summed E-state index contributed by atoms with van der Waals surface area (Å²) in [5.74, 6) is -0.360. The zero-order valence-corrected chi connectivity index (χ0v) is 9.40. The first-order valence-electron chi connectivity index (χ1n) is 3.63. The van der Waals surface area contributed by atoms with Crippen molar-refractivity contribution >= 4 is 39.5 Å². The van der Waals surface area contributed by atoms with E-state index in [2.05, 4.69) is 38.7 Å². The molecule has 1 rings (SSSR count). The summed E-state index contributed by atoms with van der Waals surface area (Å²) in [5.41, 5.74) is 7.82. The molecule has 74 valence electrons. The maximum atomic E-state index is 13.1. The Hall–Kier alpha value is -1.01. The minimum atomic E-state index is -0.360. The highest BCUT2D eigenvalue weighted by atomic mass is 79.9. The first-order chi connectivity index (χ1) is 6.59. The molecule has 0 saturated carbocycles. The molecule has 1 aromatic rings. The smallest absolute Gasteiger partial charge is 0.184 e. The van der Waals surface area contributed by atoms with Gasteiger partial charge in [0.15, 0.2) is 5.11 Å². The van der Waals surface area contributed by atoms with Gasteiger partial charge in [0, 0.05) is 10.0 Å². The Morgan fingerprint density at radius 3 is 3.00 bits per heavy atom. The largest absolute Gasteiger partial charge is 0.375 e. The molecule has 0 aromatic heterocycles. The Labute approximate surface area is 94.3 Å². The highest BCUT2D eigenvalue weighted by Gasteiger charge is 1.98. The van der Waals surface area contributed by atoms with E-state index in [9.17, 15) is 4.39 Å². The highest BCUT2D eigenvalue weighted by molar-refractivity contribution is 9.10. The number of rotatable bonds is 2. The summed E-state index contributed by atoms with van der Waals surface area (Å²) >= 11 is 7.74. The van der Waals surface area contributed by atoms with Crippen LogP contribution < -0.4 is 11.2 Å². The van der Waals surface area contributed by atoms with Gasteiger partial charge in [-0.1, -0.05) is 15.9 Å². The van der Waals surface area contributed by atoms with Crippen LogP contribution in [0, 0.1) is 5.82 Å². The number of nitrogens with two attached hydrogens (primary N) is 1. The fourth-order valence-corrected chi connectivity index (χ4v) is 1.21. The molecule has 0 fully saturated rings. The number of nitrogens with one attached hydrogen (secondary N) is 1. The summed E-state index contributed by atoms with van der Waals surface area (Å²) in [6, 6.07) is 4.54. The quantitative estimate of drug-likeness (QED) is 0.491. The molecule has 0 saturated heterocycles. The molecular weight excluding hydrogens is 269 g/mol. The molecule has 0 amide bonds. The molecule has 6 heteroatoms. The Morgan fingerprint density at radius 2 is 2.36 bits per heavy atom. The van der Waals surface area contributed by atoms with Crippen molar-refractivity contribution in [1.82, 2.24) is 5.43 Å². The van der Waals surface area contributed by atoms with Crippen molar-refractivity contribution in [3.05, 3.63) is 34.1 Å². The third-order valence-corrected chi connectivity index (χ3v) is 1.92. The van der Waals surface area contributed by atoms with Gasteiger partial charge in [0.2, 0.25) is 0 Å². The van der Waals surface area contributed by atoms with E-state index < -0.39 is 0 Å². The topological polar surface area (TPSA) is 50.4 Å². The molecular formula is C8H7BrFN3S. The van der Waals surface area contributed by atoms with E-state index >= 15 is 0 Å². The van der Waals surface area contributed by atoms with Crippen molar-refractivity contribution in [1.29, 1.82) is 0 Å². The van der Waals surface area contributed by atoms with Crippen LogP contribution in [0.3, 0.4) is 0 Å². The Bertz CT molecular complexity index is 381. The number of nitrogens with zero attached hydrogens (tertiary/aromatic N) is 1. The van der Waals surface area contributed by atoms with Crippen molar-refractivity contribution in [2.45, 2.75) is 0 Å². The third-order valence-electron chi connectivity index (χ3n) is 1.34. The van der Waals surface area contributed by atoms with E-state index in [1.54, 1.807) is 12.1 Å². The maximum absolute atomic E-state index is 13.1. The number of hydrogen-bond acceptors (Lipinski definition) is 2. The SMILES string of the molecule is NC(=S)N/N=C/c1cc(Br)ccc1F. The van der Waals surface area contributed by atoms with E-state index in [1.165, 1.54) is 12.3 Å². The summed E-state index contributed by atoms with van der Waals surface area (Å²) in [5, 5.41) is 3.68. The predicted octanol–water partition coefficient (Wildman–Crippen LogP) is 1.76. The minimum absolute atomic E-state index is 0.0386. The van der Waals surface area contributed by atoms with E-state index in [4.69, 9.17) is 5.73 Å². The fraction of sp³-hybridized carbons (Fsp3) is 0. The lowest BCUT2D eigenvalue weighted by Gasteiger charge is -1.97. The molecule has 0 aliphatic carbocycles. The first-order valence-corrected chi connectivity index (χ1v) is 4.83. The molecule has 3 N–H and O–H groups in total. The Balaban J connectivity index is 2.80. The molecule has 0 aliphatic rings. The van der Waals surface area contributed by atoms with Gasteiger partial charge < -0.3 is 5.73 Å². The molecule has 0 radical (unpaired) electrons. The van der Waals surface area contributed by atoms with Crippen LogP contribution in [0.25, 0.3) is 0 Å². The molecule has 1 aromatic carbocycles. The van der Waals surface area contributed by atoms with E-state index in [-0.39, 0.29) is 10.9 Å². The zero-order valence-electron chi connectivity index (χ0n) is 7.00. The lowest BCUT2D eigenvalue weighted by Crippen LogP contribution is -2.24. The van der Waals surface area contributed by atoms with Gasteiger partial charge >= 0.3 is 0 Å². The number of benzene rings is 1. The summed E-state index contributed by atoms with van der Waals surface area (Å²) in [6.45, 7) is 0. The molecule has 3 nitrogen and oxygen atoms in total. The summed E-state index contributed by atoms with van der Waals surface area (Å²) in [4.78, 5) is 0. The number of hydrogen-bond donors (Lipinski definition) is 2. The van der Waals surface area contributed by atoms with Crippen LogP contribution in [-0.4, -0.2) is 11.3 Å².